The average molecular weight is 432 g/mol. The van der Waals surface area contributed by atoms with Gasteiger partial charge in [0.2, 0.25) is 0 Å². The molecule has 0 aromatic heterocycles. The number of carbonyl (C=O) groups is 1. The van der Waals surface area contributed by atoms with E-state index in [1.807, 2.05) is 6.92 Å². The van der Waals surface area contributed by atoms with Crippen molar-refractivity contribution in [1.29, 1.82) is 0 Å². The van der Waals surface area contributed by atoms with Gasteiger partial charge in [0.05, 0.1) is 25.2 Å². The van der Waals surface area contributed by atoms with Crippen LogP contribution in [-0.4, -0.2) is 31.4 Å². The number of ether oxygens (including phenoxy) is 3. The second-order valence-electron chi connectivity index (χ2n) is 8.10. The number of rotatable bonds is 5. The molecule has 2 aliphatic rings. The Morgan fingerprint density at radius 3 is 2.40 bits per heavy atom. The van der Waals surface area contributed by atoms with Crippen LogP contribution >= 0.6 is 0 Å². The molecule has 0 amide bonds. The Bertz CT molecular complexity index is 733. The van der Waals surface area contributed by atoms with Gasteiger partial charge in [0, 0.05) is 0 Å². The van der Waals surface area contributed by atoms with Crippen LogP contribution in [0.25, 0.3) is 0 Å². The first kappa shape index (κ1) is 22.8. The standard InChI is InChI=1S/C22H28F4O4/c1-3-28-18-11-10-17(20(23)19(18)22(24,25)26)14-6-8-16(9-7-14)30-21(27)15-5-4-13(2)29-12-15/h10-11,13-16H,3-9,12H2,1-2H3. The quantitative estimate of drug-likeness (QED) is 0.447. The zero-order chi connectivity index (χ0) is 21.9. The number of halogens is 4. The number of hydrogen-bond acceptors (Lipinski definition) is 4. The van der Waals surface area contributed by atoms with Gasteiger partial charge in [0.15, 0.2) is 0 Å². The Morgan fingerprint density at radius 2 is 1.83 bits per heavy atom. The van der Waals surface area contributed by atoms with Crippen molar-refractivity contribution >= 4 is 5.97 Å². The molecule has 168 valence electrons. The first-order valence-corrected chi connectivity index (χ1v) is 10.5. The van der Waals surface area contributed by atoms with E-state index in [-0.39, 0.29) is 42.2 Å². The van der Waals surface area contributed by atoms with Gasteiger partial charge in [0.1, 0.15) is 23.2 Å². The van der Waals surface area contributed by atoms with Crippen LogP contribution in [0.5, 0.6) is 5.75 Å². The highest BCUT2D eigenvalue weighted by Crippen LogP contribution is 2.43. The topological polar surface area (TPSA) is 44.8 Å². The van der Waals surface area contributed by atoms with Crippen LogP contribution in [0.3, 0.4) is 0 Å². The van der Waals surface area contributed by atoms with E-state index < -0.39 is 23.3 Å². The summed E-state index contributed by atoms with van der Waals surface area (Å²) >= 11 is 0. The van der Waals surface area contributed by atoms with Gasteiger partial charge in [-0.25, -0.2) is 4.39 Å². The third-order valence-electron chi connectivity index (χ3n) is 5.95. The molecule has 1 aliphatic heterocycles. The summed E-state index contributed by atoms with van der Waals surface area (Å²) in [5.41, 5.74) is -1.30. The van der Waals surface area contributed by atoms with Gasteiger partial charge in [-0.15, -0.1) is 0 Å². The largest absolute Gasteiger partial charge is 0.493 e. The van der Waals surface area contributed by atoms with E-state index in [0.717, 1.165) is 12.8 Å². The molecule has 8 heteroatoms. The van der Waals surface area contributed by atoms with Gasteiger partial charge in [-0.2, -0.15) is 13.2 Å². The van der Waals surface area contributed by atoms with Gasteiger partial charge in [0.25, 0.3) is 0 Å². The summed E-state index contributed by atoms with van der Waals surface area (Å²) in [5.74, 6) is -2.65. The van der Waals surface area contributed by atoms with Crippen molar-refractivity contribution in [3.63, 3.8) is 0 Å². The summed E-state index contributed by atoms with van der Waals surface area (Å²) in [5, 5.41) is 0. The molecular formula is C22H28F4O4. The summed E-state index contributed by atoms with van der Waals surface area (Å²) < 4.78 is 71.1. The van der Waals surface area contributed by atoms with Gasteiger partial charge >= 0.3 is 12.1 Å². The monoisotopic (exact) mass is 432 g/mol. The SMILES string of the molecule is CCOc1ccc(C2CCC(OC(=O)C3CCC(C)OC3)CC2)c(F)c1C(F)(F)F. The molecule has 1 aromatic rings. The lowest BCUT2D eigenvalue weighted by Crippen LogP contribution is -2.33. The molecule has 1 heterocycles. The minimum Gasteiger partial charge on any atom is -0.493 e. The molecule has 1 aliphatic carbocycles. The van der Waals surface area contributed by atoms with Crippen molar-refractivity contribution in [2.24, 2.45) is 5.92 Å². The predicted octanol–water partition coefficient (Wildman–Crippen LogP) is 5.63. The number of hydrogen-bond donors (Lipinski definition) is 0. The Kier molecular flexibility index (Phi) is 7.26. The van der Waals surface area contributed by atoms with E-state index >= 15 is 0 Å². The number of esters is 1. The van der Waals surface area contributed by atoms with E-state index in [9.17, 15) is 22.4 Å². The fourth-order valence-electron chi connectivity index (χ4n) is 4.25. The molecule has 1 saturated carbocycles. The Morgan fingerprint density at radius 1 is 1.13 bits per heavy atom. The molecule has 0 bridgehead atoms. The minimum atomic E-state index is -4.84. The van der Waals surface area contributed by atoms with Gasteiger partial charge in [-0.3, -0.25) is 4.79 Å². The maximum Gasteiger partial charge on any atom is 0.422 e. The predicted molar refractivity (Wildman–Crippen MR) is 102 cm³/mol. The molecule has 0 N–H and O–H groups in total. The van der Waals surface area contributed by atoms with E-state index in [4.69, 9.17) is 14.2 Å². The molecule has 2 fully saturated rings. The molecule has 1 saturated heterocycles. The summed E-state index contributed by atoms with van der Waals surface area (Å²) in [6.45, 7) is 3.89. The van der Waals surface area contributed by atoms with Gasteiger partial charge < -0.3 is 14.2 Å². The summed E-state index contributed by atoms with van der Waals surface area (Å²) in [4.78, 5) is 12.3. The molecule has 2 atom stereocenters. The number of benzene rings is 1. The lowest BCUT2D eigenvalue weighted by atomic mass is 9.81. The number of carbonyl (C=O) groups excluding carboxylic acids is 1. The summed E-state index contributed by atoms with van der Waals surface area (Å²) in [6, 6.07) is 2.58. The fraction of sp³-hybridized carbons (Fsp3) is 0.682. The maximum absolute atomic E-state index is 14.8. The second-order valence-corrected chi connectivity index (χ2v) is 8.10. The smallest absolute Gasteiger partial charge is 0.422 e. The van der Waals surface area contributed by atoms with Crippen LogP contribution in [0.2, 0.25) is 0 Å². The van der Waals surface area contributed by atoms with Gasteiger partial charge in [-0.1, -0.05) is 6.07 Å². The van der Waals surface area contributed by atoms with E-state index in [1.54, 1.807) is 6.92 Å². The van der Waals surface area contributed by atoms with Crippen LogP contribution in [0.4, 0.5) is 17.6 Å². The van der Waals surface area contributed by atoms with E-state index in [1.165, 1.54) is 12.1 Å². The Hall–Kier alpha value is -1.83. The summed E-state index contributed by atoms with van der Waals surface area (Å²) in [6.07, 6.45) is -1.54. The normalized spacial score (nSPS) is 27.5. The van der Waals surface area contributed by atoms with Crippen molar-refractivity contribution in [2.75, 3.05) is 13.2 Å². The van der Waals surface area contributed by atoms with Gasteiger partial charge in [-0.05, 0) is 69.9 Å². The lowest BCUT2D eigenvalue weighted by Gasteiger charge is -2.31. The Balaban J connectivity index is 1.63. The molecule has 3 rings (SSSR count). The number of alkyl halides is 3. The third-order valence-corrected chi connectivity index (χ3v) is 5.95. The van der Waals surface area contributed by atoms with Crippen molar-refractivity contribution in [3.8, 4) is 5.75 Å². The first-order valence-electron chi connectivity index (χ1n) is 10.5. The van der Waals surface area contributed by atoms with Crippen LogP contribution in [0.1, 0.15) is 69.4 Å². The molecule has 2 unspecified atom stereocenters. The minimum absolute atomic E-state index is 0.0172. The molecule has 0 radical (unpaired) electrons. The highest BCUT2D eigenvalue weighted by Gasteiger charge is 2.40. The van der Waals surface area contributed by atoms with E-state index in [2.05, 4.69) is 0 Å². The highest BCUT2D eigenvalue weighted by atomic mass is 19.4. The zero-order valence-electron chi connectivity index (χ0n) is 17.3. The van der Waals surface area contributed by atoms with Crippen molar-refractivity contribution in [1.82, 2.24) is 0 Å². The van der Waals surface area contributed by atoms with Crippen molar-refractivity contribution in [2.45, 2.75) is 76.7 Å². The zero-order valence-corrected chi connectivity index (χ0v) is 17.3. The van der Waals surface area contributed by atoms with Crippen molar-refractivity contribution in [3.05, 3.63) is 29.1 Å². The molecule has 4 nitrogen and oxygen atoms in total. The Labute approximate surface area is 173 Å². The van der Waals surface area contributed by atoms with Crippen LogP contribution in [-0.2, 0) is 20.4 Å². The highest BCUT2D eigenvalue weighted by molar-refractivity contribution is 5.72. The summed E-state index contributed by atoms with van der Waals surface area (Å²) in [7, 11) is 0. The van der Waals surface area contributed by atoms with Crippen LogP contribution in [0.15, 0.2) is 12.1 Å². The van der Waals surface area contributed by atoms with Crippen LogP contribution < -0.4 is 4.74 Å². The van der Waals surface area contributed by atoms with Crippen LogP contribution in [0, 0.1) is 11.7 Å². The average Bonchev–Trinajstić information content (AvgIpc) is 2.69. The molecule has 1 aromatic carbocycles. The van der Waals surface area contributed by atoms with E-state index in [0.29, 0.717) is 32.3 Å². The molecular weight excluding hydrogens is 404 g/mol. The lowest BCUT2D eigenvalue weighted by molar-refractivity contribution is -0.161. The second kappa shape index (κ2) is 9.54. The molecule has 0 spiro atoms. The maximum atomic E-state index is 14.8. The third kappa shape index (κ3) is 5.25. The fourth-order valence-corrected chi connectivity index (χ4v) is 4.25. The molecule has 30 heavy (non-hydrogen) atoms. The first-order chi connectivity index (χ1) is 14.2. The van der Waals surface area contributed by atoms with Crippen molar-refractivity contribution < 1.29 is 36.6 Å².